The van der Waals surface area contributed by atoms with E-state index in [0.717, 1.165) is 12.8 Å². The van der Waals surface area contributed by atoms with Crippen molar-refractivity contribution in [3.8, 4) is 0 Å². The van der Waals surface area contributed by atoms with Gasteiger partial charge in [-0.1, -0.05) is 0 Å². The summed E-state index contributed by atoms with van der Waals surface area (Å²) < 4.78 is 36.6. The minimum atomic E-state index is -3.62. The standard InChI is InChI=1S/C15H24N2O6S/c1-11-14(24(20,21)17-7-3-4-8-17)9-13(23-11)15(19)16-6-5-12(18)10-22-2/h9,12,18H,3-8,10H2,1-2H3,(H,16,19). The number of carbonyl (C=O) groups excluding carboxylic acids is 1. The molecule has 1 aromatic heterocycles. The summed E-state index contributed by atoms with van der Waals surface area (Å²) >= 11 is 0. The number of hydrogen-bond acceptors (Lipinski definition) is 6. The van der Waals surface area contributed by atoms with Gasteiger partial charge in [-0.3, -0.25) is 4.79 Å². The number of nitrogens with zero attached hydrogens (tertiary/aromatic N) is 1. The summed E-state index contributed by atoms with van der Waals surface area (Å²) in [4.78, 5) is 12.1. The zero-order chi connectivity index (χ0) is 17.7. The van der Waals surface area contributed by atoms with E-state index in [9.17, 15) is 18.3 Å². The van der Waals surface area contributed by atoms with Crippen molar-refractivity contribution in [2.24, 2.45) is 0 Å². The summed E-state index contributed by atoms with van der Waals surface area (Å²) in [6.45, 7) is 2.94. The van der Waals surface area contributed by atoms with Crippen LogP contribution in [0.3, 0.4) is 0 Å². The molecule has 1 fully saturated rings. The summed E-state index contributed by atoms with van der Waals surface area (Å²) in [5, 5.41) is 12.1. The van der Waals surface area contributed by atoms with Crippen molar-refractivity contribution in [1.29, 1.82) is 0 Å². The number of sulfonamides is 1. The maximum atomic E-state index is 12.6. The Morgan fingerprint density at radius 3 is 2.75 bits per heavy atom. The first-order chi connectivity index (χ1) is 11.4. The van der Waals surface area contributed by atoms with Crippen LogP contribution in [0.2, 0.25) is 0 Å². The van der Waals surface area contributed by atoms with E-state index in [4.69, 9.17) is 9.15 Å². The number of furan rings is 1. The van der Waals surface area contributed by atoms with E-state index in [1.807, 2.05) is 0 Å². The third kappa shape index (κ3) is 4.35. The van der Waals surface area contributed by atoms with Crippen LogP contribution in [0.5, 0.6) is 0 Å². The van der Waals surface area contributed by atoms with E-state index in [2.05, 4.69) is 5.32 Å². The van der Waals surface area contributed by atoms with Crippen LogP contribution in [0.25, 0.3) is 0 Å². The molecule has 9 heteroatoms. The number of nitrogens with one attached hydrogen (secondary N) is 1. The monoisotopic (exact) mass is 360 g/mol. The predicted molar refractivity (Wildman–Crippen MR) is 86.3 cm³/mol. The molecule has 0 spiro atoms. The molecule has 1 aliphatic rings. The van der Waals surface area contributed by atoms with Gasteiger partial charge in [-0.15, -0.1) is 0 Å². The van der Waals surface area contributed by atoms with Crippen molar-refractivity contribution < 1.29 is 27.5 Å². The number of aryl methyl sites for hydroxylation is 1. The Morgan fingerprint density at radius 2 is 2.12 bits per heavy atom. The largest absolute Gasteiger partial charge is 0.455 e. The van der Waals surface area contributed by atoms with Crippen LogP contribution < -0.4 is 5.32 Å². The second-order valence-electron chi connectivity index (χ2n) is 5.80. The van der Waals surface area contributed by atoms with Gasteiger partial charge in [0.15, 0.2) is 5.76 Å². The van der Waals surface area contributed by atoms with E-state index >= 15 is 0 Å². The Bertz CT molecular complexity index is 664. The highest BCUT2D eigenvalue weighted by molar-refractivity contribution is 7.89. The van der Waals surface area contributed by atoms with Gasteiger partial charge in [0.1, 0.15) is 10.7 Å². The van der Waals surface area contributed by atoms with E-state index < -0.39 is 22.0 Å². The molecule has 2 heterocycles. The average molecular weight is 360 g/mol. The normalized spacial score (nSPS) is 17.1. The molecule has 2 N–H and O–H groups in total. The summed E-state index contributed by atoms with van der Waals surface area (Å²) in [6, 6.07) is 1.27. The lowest BCUT2D eigenvalue weighted by Gasteiger charge is -2.14. The van der Waals surface area contributed by atoms with E-state index in [0.29, 0.717) is 19.5 Å². The molecule has 0 bridgehead atoms. The Balaban J connectivity index is 2.01. The number of hydrogen-bond donors (Lipinski definition) is 2. The quantitative estimate of drug-likeness (QED) is 0.699. The Hall–Kier alpha value is -1.42. The molecule has 1 unspecified atom stereocenters. The molecule has 1 aliphatic heterocycles. The molecule has 0 aliphatic carbocycles. The molecule has 8 nitrogen and oxygen atoms in total. The van der Waals surface area contributed by atoms with Crippen molar-refractivity contribution >= 4 is 15.9 Å². The van der Waals surface area contributed by atoms with Crippen LogP contribution in [0.1, 0.15) is 35.6 Å². The van der Waals surface area contributed by atoms with Gasteiger partial charge in [0.25, 0.3) is 5.91 Å². The third-order valence-electron chi connectivity index (χ3n) is 3.90. The molecule has 1 atom stereocenters. The van der Waals surface area contributed by atoms with E-state index in [1.54, 1.807) is 0 Å². The fraction of sp³-hybridized carbons (Fsp3) is 0.667. The number of aliphatic hydroxyl groups is 1. The number of carbonyl (C=O) groups is 1. The molecular weight excluding hydrogens is 336 g/mol. The topological polar surface area (TPSA) is 109 Å². The van der Waals surface area contributed by atoms with Crippen LogP contribution >= 0.6 is 0 Å². The SMILES string of the molecule is COCC(O)CCNC(=O)c1cc(S(=O)(=O)N2CCCC2)c(C)o1. The van der Waals surface area contributed by atoms with Crippen LogP contribution in [-0.4, -0.2) is 63.2 Å². The Kier molecular flexibility index (Phi) is 6.39. The maximum Gasteiger partial charge on any atom is 0.287 e. The fourth-order valence-corrected chi connectivity index (χ4v) is 4.29. The van der Waals surface area contributed by atoms with E-state index in [-0.39, 0.29) is 29.6 Å². The summed E-state index contributed by atoms with van der Waals surface area (Å²) in [5.74, 6) is -0.358. The second kappa shape index (κ2) is 8.11. The molecule has 1 amide bonds. The van der Waals surface area contributed by atoms with Gasteiger partial charge in [0.2, 0.25) is 10.0 Å². The first-order valence-corrected chi connectivity index (χ1v) is 9.36. The van der Waals surface area contributed by atoms with Crippen molar-refractivity contribution in [2.45, 2.75) is 37.2 Å². The lowest BCUT2D eigenvalue weighted by Crippen LogP contribution is -2.29. The third-order valence-corrected chi connectivity index (χ3v) is 5.91. The van der Waals surface area contributed by atoms with Gasteiger partial charge in [-0.2, -0.15) is 4.31 Å². The first-order valence-electron chi connectivity index (χ1n) is 7.92. The highest BCUT2D eigenvalue weighted by atomic mass is 32.2. The van der Waals surface area contributed by atoms with Crippen molar-refractivity contribution in [1.82, 2.24) is 9.62 Å². The molecule has 0 saturated carbocycles. The molecule has 1 aromatic rings. The van der Waals surface area contributed by atoms with Crippen LogP contribution in [-0.2, 0) is 14.8 Å². The highest BCUT2D eigenvalue weighted by Gasteiger charge is 2.31. The second-order valence-corrected chi connectivity index (χ2v) is 7.70. The molecule has 0 aromatic carbocycles. The van der Waals surface area contributed by atoms with E-state index in [1.165, 1.54) is 24.4 Å². The van der Waals surface area contributed by atoms with Crippen molar-refractivity contribution in [3.05, 3.63) is 17.6 Å². The van der Waals surface area contributed by atoms with Gasteiger partial charge in [0.05, 0.1) is 12.7 Å². The molecule has 0 radical (unpaired) electrons. The maximum absolute atomic E-state index is 12.6. The highest BCUT2D eigenvalue weighted by Crippen LogP contribution is 2.26. The molecule has 2 rings (SSSR count). The Labute approximate surface area is 141 Å². The van der Waals surface area contributed by atoms with Crippen LogP contribution in [0.15, 0.2) is 15.4 Å². The van der Waals surface area contributed by atoms with Gasteiger partial charge >= 0.3 is 0 Å². The van der Waals surface area contributed by atoms with Gasteiger partial charge in [-0.25, -0.2) is 8.42 Å². The number of methoxy groups -OCH3 is 1. The van der Waals surface area contributed by atoms with Gasteiger partial charge < -0.3 is 19.6 Å². The number of rotatable bonds is 8. The number of amides is 1. The molecule has 136 valence electrons. The fourth-order valence-electron chi connectivity index (χ4n) is 2.62. The zero-order valence-electron chi connectivity index (χ0n) is 13.9. The van der Waals surface area contributed by atoms with Crippen molar-refractivity contribution in [3.63, 3.8) is 0 Å². The lowest BCUT2D eigenvalue weighted by atomic mass is 10.2. The zero-order valence-corrected chi connectivity index (χ0v) is 14.8. The molecule has 1 saturated heterocycles. The summed E-state index contributed by atoms with van der Waals surface area (Å²) in [6.07, 6.45) is 1.35. The average Bonchev–Trinajstić information content (AvgIpc) is 3.17. The minimum absolute atomic E-state index is 0.0361. The predicted octanol–water partition coefficient (Wildman–Crippen LogP) is 0.500. The summed E-state index contributed by atoms with van der Waals surface area (Å²) in [7, 11) is -2.14. The number of aliphatic hydroxyl groups excluding tert-OH is 1. The molecular formula is C15H24N2O6S. The first kappa shape index (κ1) is 18.9. The smallest absolute Gasteiger partial charge is 0.287 e. The van der Waals surface area contributed by atoms with Gasteiger partial charge in [0, 0.05) is 32.8 Å². The molecule has 24 heavy (non-hydrogen) atoms. The van der Waals surface area contributed by atoms with Crippen LogP contribution in [0, 0.1) is 6.92 Å². The van der Waals surface area contributed by atoms with Gasteiger partial charge in [-0.05, 0) is 26.2 Å². The number of ether oxygens (including phenoxy) is 1. The summed E-state index contributed by atoms with van der Waals surface area (Å²) in [5.41, 5.74) is 0. The lowest BCUT2D eigenvalue weighted by molar-refractivity contribution is 0.0586. The van der Waals surface area contributed by atoms with Crippen molar-refractivity contribution in [2.75, 3.05) is 33.4 Å². The van der Waals surface area contributed by atoms with Crippen LogP contribution in [0.4, 0.5) is 0 Å². The minimum Gasteiger partial charge on any atom is -0.455 e. The Morgan fingerprint density at radius 1 is 1.46 bits per heavy atom.